The van der Waals surface area contributed by atoms with E-state index in [9.17, 15) is 9.59 Å². The van der Waals surface area contributed by atoms with E-state index in [0.29, 0.717) is 25.8 Å². The van der Waals surface area contributed by atoms with Crippen molar-refractivity contribution in [2.24, 2.45) is 0 Å². The van der Waals surface area contributed by atoms with Gasteiger partial charge in [-0.3, -0.25) is 4.79 Å². The Hall–Kier alpha value is -1.52. The fourth-order valence-corrected chi connectivity index (χ4v) is 1.45. The van der Waals surface area contributed by atoms with Crippen LogP contribution in [0.25, 0.3) is 0 Å². The molecule has 1 atom stereocenters. The highest BCUT2D eigenvalue weighted by atomic mass is 16.6. The van der Waals surface area contributed by atoms with Gasteiger partial charge in [0.1, 0.15) is 5.60 Å². The van der Waals surface area contributed by atoms with Gasteiger partial charge in [0.2, 0.25) is 5.91 Å². The molecule has 0 aromatic heterocycles. The lowest BCUT2D eigenvalue weighted by Crippen LogP contribution is -2.41. The molecule has 0 aromatic carbocycles. The Kier molecular flexibility index (Phi) is 7.96. The molecule has 0 saturated heterocycles. The summed E-state index contributed by atoms with van der Waals surface area (Å²) in [7, 11) is 1.71. The molecule has 0 aliphatic rings. The first-order chi connectivity index (χ1) is 9.17. The van der Waals surface area contributed by atoms with Crippen LogP contribution in [0.5, 0.6) is 0 Å². The lowest BCUT2D eigenvalue weighted by Gasteiger charge is -2.28. The third kappa shape index (κ3) is 8.56. The van der Waals surface area contributed by atoms with E-state index in [2.05, 4.69) is 11.9 Å². The molecule has 0 unspecified atom stereocenters. The van der Waals surface area contributed by atoms with Crippen LogP contribution in [0.1, 0.15) is 47.0 Å². The van der Waals surface area contributed by atoms with Crippen molar-refractivity contribution in [3.63, 3.8) is 0 Å². The van der Waals surface area contributed by atoms with Crippen LogP contribution in [0.2, 0.25) is 0 Å². The second-order valence-electron chi connectivity index (χ2n) is 5.91. The minimum Gasteiger partial charge on any atom is -0.444 e. The van der Waals surface area contributed by atoms with Crippen molar-refractivity contribution in [2.45, 2.75) is 58.6 Å². The molecule has 0 bridgehead atoms. The van der Waals surface area contributed by atoms with Crippen molar-refractivity contribution in [1.82, 2.24) is 10.2 Å². The van der Waals surface area contributed by atoms with Gasteiger partial charge in [-0.25, -0.2) is 4.79 Å². The smallest absolute Gasteiger partial charge is 0.410 e. The largest absolute Gasteiger partial charge is 0.444 e. The van der Waals surface area contributed by atoms with E-state index in [1.807, 2.05) is 27.7 Å². The minimum atomic E-state index is -0.496. The highest BCUT2D eigenvalue weighted by Crippen LogP contribution is 2.11. The summed E-state index contributed by atoms with van der Waals surface area (Å²) < 4.78 is 5.29. The van der Waals surface area contributed by atoms with Crippen LogP contribution in [0, 0.1) is 0 Å². The van der Waals surface area contributed by atoms with Crippen LogP contribution in [0.4, 0.5) is 4.79 Å². The average molecular weight is 284 g/mol. The van der Waals surface area contributed by atoms with Crippen LogP contribution >= 0.6 is 0 Å². The van der Waals surface area contributed by atoms with Crippen LogP contribution in [-0.2, 0) is 9.53 Å². The van der Waals surface area contributed by atoms with Crippen LogP contribution in [0.15, 0.2) is 12.7 Å². The predicted molar refractivity (Wildman–Crippen MR) is 80.5 cm³/mol. The van der Waals surface area contributed by atoms with Crippen molar-refractivity contribution < 1.29 is 14.3 Å². The maximum absolute atomic E-state index is 11.8. The number of hydrogen-bond acceptors (Lipinski definition) is 3. The molecule has 0 saturated carbocycles. The molecule has 0 heterocycles. The molecule has 1 N–H and O–H groups in total. The van der Waals surface area contributed by atoms with Crippen molar-refractivity contribution in [1.29, 1.82) is 0 Å². The number of carbonyl (C=O) groups excluding carboxylic acids is 2. The molecule has 0 rings (SSSR count). The highest BCUT2D eigenvalue weighted by molar-refractivity contribution is 5.75. The molecule has 0 radical (unpaired) electrons. The van der Waals surface area contributed by atoms with Crippen LogP contribution in [-0.4, -0.2) is 42.1 Å². The zero-order valence-corrected chi connectivity index (χ0v) is 13.4. The molecule has 5 nitrogen and oxygen atoms in total. The third-order valence-corrected chi connectivity index (χ3v) is 2.80. The van der Waals surface area contributed by atoms with Gasteiger partial charge in [-0.2, -0.15) is 0 Å². The van der Waals surface area contributed by atoms with Crippen LogP contribution < -0.4 is 5.32 Å². The van der Waals surface area contributed by atoms with Crippen molar-refractivity contribution in [3.05, 3.63) is 12.7 Å². The van der Waals surface area contributed by atoms with Gasteiger partial charge in [0.05, 0.1) is 0 Å². The lowest BCUT2D eigenvalue weighted by atomic mass is 10.2. The summed E-state index contributed by atoms with van der Waals surface area (Å²) >= 11 is 0. The fourth-order valence-electron chi connectivity index (χ4n) is 1.45. The number of rotatable bonds is 7. The number of amides is 2. The van der Waals surface area contributed by atoms with Gasteiger partial charge in [-0.05, 0) is 40.5 Å². The van der Waals surface area contributed by atoms with Gasteiger partial charge in [-0.15, -0.1) is 6.58 Å². The lowest BCUT2D eigenvalue weighted by molar-refractivity contribution is -0.121. The van der Waals surface area contributed by atoms with Gasteiger partial charge in [-0.1, -0.05) is 6.08 Å². The number of hydrogen-bond donors (Lipinski definition) is 1. The van der Waals surface area contributed by atoms with Crippen molar-refractivity contribution in [3.8, 4) is 0 Å². The zero-order valence-electron chi connectivity index (χ0n) is 13.4. The Bertz CT molecular complexity index is 335. The number of allylic oxidation sites excluding steroid dienone is 1. The van der Waals surface area contributed by atoms with E-state index in [1.165, 1.54) is 0 Å². The number of nitrogens with one attached hydrogen (secondary N) is 1. The van der Waals surface area contributed by atoms with E-state index in [0.717, 1.165) is 0 Å². The summed E-state index contributed by atoms with van der Waals surface area (Å²) in [6.07, 6.45) is 3.20. The Morgan fingerprint density at radius 3 is 2.50 bits per heavy atom. The number of carbonyl (C=O) groups is 2. The monoisotopic (exact) mass is 284 g/mol. The maximum atomic E-state index is 11.8. The molecule has 116 valence electrons. The summed E-state index contributed by atoms with van der Waals surface area (Å²) in [4.78, 5) is 24.8. The highest BCUT2D eigenvalue weighted by Gasteiger charge is 2.22. The van der Waals surface area contributed by atoms with Crippen molar-refractivity contribution >= 4 is 12.0 Å². The summed E-state index contributed by atoms with van der Waals surface area (Å²) in [6.45, 7) is 11.6. The number of ether oxygens (including phenoxy) is 1. The molecule has 2 amide bonds. The van der Waals surface area contributed by atoms with E-state index < -0.39 is 5.60 Å². The summed E-state index contributed by atoms with van der Waals surface area (Å²) in [5.74, 6) is 0.0111. The molecule has 20 heavy (non-hydrogen) atoms. The first-order valence-corrected chi connectivity index (χ1v) is 7.00. The first-order valence-electron chi connectivity index (χ1n) is 7.00. The molecular formula is C15H28N2O3. The Labute approximate surface area is 122 Å². The average Bonchev–Trinajstić information content (AvgIpc) is 2.33. The molecule has 0 aromatic rings. The molecular weight excluding hydrogens is 256 g/mol. The Morgan fingerprint density at radius 1 is 1.40 bits per heavy atom. The van der Waals surface area contributed by atoms with E-state index in [1.54, 1.807) is 18.0 Å². The molecule has 0 fully saturated rings. The molecule has 0 aliphatic carbocycles. The quantitative estimate of drug-likeness (QED) is 0.731. The Morgan fingerprint density at radius 2 is 2.00 bits per heavy atom. The fraction of sp³-hybridized carbons (Fsp3) is 0.733. The van der Waals surface area contributed by atoms with Gasteiger partial charge in [0, 0.05) is 26.1 Å². The van der Waals surface area contributed by atoms with Gasteiger partial charge in [0.15, 0.2) is 0 Å². The summed E-state index contributed by atoms with van der Waals surface area (Å²) in [5, 5.41) is 2.82. The Balaban J connectivity index is 4.02. The molecule has 5 heteroatoms. The first kappa shape index (κ1) is 18.5. The van der Waals surface area contributed by atoms with E-state index in [4.69, 9.17) is 4.74 Å². The zero-order chi connectivity index (χ0) is 15.8. The third-order valence-electron chi connectivity index (χ3n) is 2.80. The standard InChI is InChI=1S/C15H28N2O3/c1-7-8-9-13(18)16-11-10-12(2)17(6)14(19)20-15(3,4)5/h7,12H,1,8-11H2,2-6H3,(H,16,18)/t12-/m1/s1. The van der Waals surface area contributed by atoms with E-state index >= 15 is 0 Å². The van der Waals surface area contributed by atoms with Gasteiger partial charge >= 0.3 is 6.09 Å². The van der Waals surface area contributed by atoms with E-state index in [-0.39, 0.29) is 18.0 Å². The van der Waals surface area contributed by atoms with Gasteiger partial charge < -0.3 is 15.0 Å². The van der Waals surface area contributed by atoms with Gasteiger partial charge in [0.25, 0.3) is 0 Å². The second kappa shape index (κ2) is 8.61. The van der Waals surface area contributed by atoms with Crippen molar-refractivity contribution in [2.75, 3.05) is 13.6 Å². The SMILES string of the molecule is C=CCCC(=O)NCC[C@@H](C)N(C)C(=O)OC(C)(C)C. The number of nitrogens with zero attached hydrogens (tertiary/aromatic N) is 1. The molecule has 0 aliphatic heterocycles. The normalized spacial score (nSPS) is 12.4. The molecule has 0 spiro atoms. The topological polar surface area (TPSA) is 58.6 Å². The summed E-state index contributed by atoms with van der Waals surface area (Å²) in [5.41, 5.74) is -0.496. The maximum Gasteiger partial charge on any atom is 0.410 e. The van der Waals surface area contributed by atoms with Crippen LogP contribution in [0.3, 0.4) is 0 Å². The second-order valence-corrected chi connectivity index (χ2v) is 5.91. The summed E-state index contributed by atoms with van der Waals surface area (Å²) in [6, 6.07) is 0.00422. The minimum absolute atomic E-state index is 0.00422. The predicted octanol–water partition coefficient (Wildman–Crippen LogP) is 2.71.